The normalized spacial score (nSPS) is 12.1. The molecule has 0 radical (unpaired) electrons. The third-order valence-electron chi connectivity index (χ3n) is 6.85. The molecule has 0 saturated carbocycles. The summed E-state index contributed by atoms with van der Waals surface area (Å²) in [6.07, 6.45) is 8.10. The molecule has 0 aliphatic carbocycles. The van der Waals surface area contributed by atoms with Gasteiger partial charge < -0.3 is 14.4 Å². The molecule has 5 rings (SSSR count). The van der Waals surface area contributed by atoms with E-state index in [2.05, 4.69) is 113 Å². The molecule has 5 aromatic rings. The topological polar surface area (TPSA) is 61.9 Å². The highest BCUT2D eigenvalue weighted by molar-refractivity contribution is 7.17. The molecule has 8 heteroatoms. The minimum Gasteiger partial charge on any atom is -0.309 e. The molecule has 216 valence electrons. The van der Waals surface area contributed by atoms with Crippen LogP contribution in [0.4, 0.5) is 0 Å². The lowest BCUT2D eigenvalue weighted by Gasteiger charge is -2.09. The number of rotatable bonds is 13. The average molecular weight is 578 g/mol. The lowest BCUT2D eigenvalue weighted by molar-refractivity contribution is 0.403. The Morgan fingerprint density at radius 1 is 0.762 bits per heavy atom. The Kier molecular flexibility index (Phi) is 10.0. The van der Waals surface area contributed by atoms with E-state index in [-0.39, 0.29) is 0 Å². The predicted molar refractivity (Wildman–Crippen MR) is 179 cm³/mol. The van der Waals surface area contributed by atoms with Crippen molar-refractivity contribution in [3.63, 3.8) is 0 Å². The lowest BCUT2D eigenvalue weighted by atomic mass is 10.1. The van der Waals surface area contributed by atoms with Gasteiger partial charge in [-0.05, 0) is 90.0 Å². The van der Waals surface area contributed by atoms with Crippen molar-refractivity contribution < 1.29 is 0 Å². The molecular weight excluding hydrogens is 538 g/mol. The zero-order valence-electron chi connectivity index (χ0n) is 24.9. The molecule has 0 amide bonds. The summed E-state index contributed by atoms with van der Waals surface area (Å²) in [5, 5.41) is 1.02. The number of thiophene rings is 1. The Hall–Kier alpha value is -3.98. The van der Waals surface area contributed by atoms with Gasteiger partial charge in [0.1, 0.15) is 5.65 Å². The molecule has 7 nitrogen and oxygen atoms in total. The second-order valence-corrected chi connectivity index (χ2v) is 12.0. The van der Waals surface area contributed by atoms with E-state index >= 15 is 0 Å². The molecule has 3 heterocycles. The van der Waals surface area contributed by atoms with Crippen LogP contribution in [0.3, 0.4) is 0 Å². The summed E-state index contributed by atoms with van der Waals surface area (Å²) in [5.41, 5.74) is 5.02. The Morgan fingerprint density at radius 2 is 1.45 bits per heavy atom. The van der Waals surface area contributed by atoms with Crippen molar-refractivity contribution in [1.29, 1.82) is 0 Å². The number of hydrogen-bond donors (Lipinski definition) is 0. The quantitative estimate of drug-likeness (QED) is 0.118. The van der Waals surface area contributed by atoms with Gasteiger partial charge in [-0.3, -0.25) is 9.98 Å². The van der Waals surface area contributed by atoms with Crippen molar-refractivity contribution in [2.75, 3.05) is 54.4 Å². The van der Waals surface area contributed by atoms with Gasteiger partial charge in [-0.25, -0.2) is 9.97 Å². The van der Waals surface area contributed by atoms with Gasteiger partial charge in [0.25, 0.3) is 0 Å². The highest BCUT2D eigenvalue weighted by Crippen LogP contribution is 2.33. The van der Waals surface area contributed by atoms with Gasteiger partial charge in [0.05, 0.1) is 10.6 Å². The summed E-state index contributed by atoms with van der Waals surface area (Å²) in [5.74, 6) is 0.720. The summed E-state index contributed by atoms with van der Waals surface area (Å²) < 4.78 is 2.14. The van der Waals surface area contributed by atoms with Crippen molar-refractivity contribution in [3.05, 3.63) is 89.4 Å². The second kappa shape index (κ2) is 14.3. The molecule has 0 unspecified atom stereocenters. The number of aromatic nitrogens is 3. The van der Waals surface area contributed by atoms with Gasteiger partial charge in [-0.2, -0.15) is 0 Å². The van der Waals surface area contributed by atoms with E-state index in [1.165, 1.54) is 0 Å². The fraction of sp³-hybridized carbons (Fsp3) is 0.294. The molecule has 3 aromatic heterocycles. The van der Waals surface area contributed by atoms with E-state index in [4.69, 9.17) is 9.97 Å². The van der Waals surface area contributed by atoms with E-state index in [0.717, 1.165) is 88.1 Å². The highest BCUT2D eigenvalue weighted by atomic mass is 32.1. The number of hydrogen-bond acceptors (Lipinski definition) is 7. The number of para-hydroxylation sites is 1. The zero-order chi connectivity index (χ0) is 29.3. The SMILES string of the molecule is CN(C)CCC/N=C\c1ccc(-c2nc(-c3ccc(/C=N/CCCN(C)C)s3)nc3c2ccn3-c2ccccc2)cc1. The summed E-state index contributed by atoms with van der Waals surface area (Å²) in [6.45, 7) is 3.72. The summed E-state index contributed by atoms with van der Waals surface area (Å²) in [6, 6.07) is 25.1. The Labute approximate surface area is 252 Å². The molecule has 0 spiro atoms. The maximum absolute atomic E-state index is 5.12. The Morgan fingerprint density at radius 3 is 2.14 bits per heavy atom. The monoisotopic (exact) mass is 577 g/mol. The predicted octanol–water partition coefficient (Wildman–Crippen LogP) is 6.56. The Balaban J connectivity index is 1.46. The molecule has 0 N–H and O–H groups in total. The first kappa shape index (κ1) is 29.5. The molecule has 42 heavy (non-hydrogen) atoms. The highest BCUT2D eigenvalue weighted by Gasteiger charge is 2.16. The van der Waals surface area contributed by atoms with E-state index in [1.807, 2.05) is 30.6 Å². The molecule has 0 fully saturated rings. The van der Waals surface area contributed by atoms with E-state index < -0.39 is 0 Å². The number of fused-ring (bicyclic) bond motifs is 1. The fourth-order valence-electron chi connectivity index (χ4n) is 4.69. The first-order valence-corrected chi connectivity index (χ1v) is 15.2. The van der Waals surface area contributed by atoms with Crippen LogP contribution in [0.15, 0.2) is 89.0 Å². The van der Waals surface area contributed by atoms with Crippen LogP contribution >= 0.6 is 11.3 Å². The van der Waals surface area contributed by atoms with Gasteiger partial charge in [-0.1, -0.05) is 42.5 Å². The molecule has 0 bridgehead atoms. The third kappa shape index (κ3) is 7.64. The molecule has 2 aromatic carbocycles. The van der Waals surface area contributed by atoms with E-state index in [0.29, 0.717) is 0 Å². The third-order valence-corrected chi connectivity index (χ3v) is 7.87. The molecule has 0 aliphatic heterocycles. The zero-order valence-corrected chi connectivity index (χ0v) is 25.8. The van der Waals surface area contributed by atoms with Crippen LogP contribution in [-0.4, -0.2) is 91.1 Å². The van der Waals surface area contributed by atoms with Crippen molar-refractivity contribution >= 4 is 34.8 Å². The first-order valence-electron chi connectivity index (χ1n) is 14.4. The standard InChI is InChI=1S/C34H39N7S/c1-39(2)21-8-19-35-24-26-12-14-27(15-13-26)32-30-18-23-41(28-10-6-5-7-11-28)34(30)38-33(37-32)31-17-16-29(42-31)25-36-20-9-22-40(3)4/h5-7,10-18,23-25H,8-9,19-22H2,1-4H3/b35-24-,36-25+. The van der Waals surface area contributed by atoms with Crippen LogP contribution in [0, 0.1) is 0 Å². The maximum Gasteiger partial charge on any atom is 0.172 e. The molecule has 0 saturated heterocycles. The smallest absolute Gasteiger partial charge is 0.172 e. The number of aliphatic imine (C=N–C) groups is 2. The second-order valence-electron chi connectivity index (χ2n) is 10.9. The molecule has 0 aliphatic rings. The summed E-state index contributed by atoms with van der Waals surface area (Å²) >= 11 is 1.67. The largest absolute Gasteiger partial charge is 0.309 e. The minimum atomic E-state index is 0.720. The van der Waals surface area contributed by atoms with Crippen molar-refractivity contribution in [2.45, 2.75) is 12.8 Å². The van der Waals surface area contributed by atoms with Gasteiger partial charge in [0.15, 0.2) is 5.82 Å². The molecule has 0 atom stereocenters. The number of nitrogens with zero attached hydrogens (tertiary/aromatic N) is 7. The van der Waals surface area contributed by atoms with Gasteiger partial charge in [-0.15, -0.1) is 11.3 Å². The summed E-state index contributed by atoms with van der Waals surface area (Å²) in [7, 11) is 8.36. The van der Waals surface area contributed by atoms with Gasteiger partial charge in [0.2, 0.25) is 0 Å². The Bertz CT molecular complexity index is 1630. The van der Waals surface area contributed by atoms with Gasteiger partial charge >= 0.3 is 0 Å². The fourth-order valence-corrected chi connectivity index (χ4v) is 5.53. The van der Waals surface area contributed by atoms with Crippen LogP contribution in [0.5, 0.6) is 0 Å². The van der Waals surface area contributed by atoms with Crippen LogP contribution in [0.25, 0.3) is 38.7 Å². The summed E-state index contributed by atoms with van der Waals surface area (Å²) in [4.78, 5) is 25.9. The van der Waals surface area contributed by atoms with Crippen molar-refractivity contribution in [2.24, 2.45) is 9.98 Å². The van der Waals surface area contributed by atoms with Crippen LogP contribution in [0.2, 0.25) is 0 Å². The van der Waals surface area contributed by atoms with Crippen molar-refractivity contribution in [1.82, 2.24) is 24.3 Å². The average Bonchev–Trinajstić information content (AvgIpc) is 3.64. The van der Waals surface area contributed by atoms with E-state index in [1.54, 1.807) is 11.3 Å². The van der Waals surface area contributed by atoms with Crippen molar-refractivity contribution in [3.8, 4) is 27.6 Å². The van der Waals surface area contributed by atoms with Gasteiger partial charge in [0, 0.05) is 53.2 Å². The maximum atomic E-state index is 5.12. The number of benzene rings is 2. The lowest BCUT2D eigenvalue weighted by Crippen LogP contribution is -2.13. The minimum absolute atomic E-state index is 0.720. The first-order chi connectivity index (χ1) is 20.5. The van der Waals surface area contributed by atoms with Crippen LogP contribution < -0.4 is 0 Å². The van der Waals surface area contributed by atoms with Crippen LogP contribution in [-0.2, 0) is 0 Å². The van der Waals surface area contributed by atoms with Crippen LogP contribution in [0.1, 0.15) is 23.3 Å². The molecular formula is C34H39N7S. The van der Waals surface area contributed by atoms with E-state index in [9.17, 15) is 0 Å².